The number of anilines is 1. The summed E-state index contributed by atoms with van der Waals surface area (Å²) < 4.78 is 3.21. The van der Waals surface area contributed by atoms with Crippen LogP contribution in [0, 0.1) is 13.8 Å². The standard InChI is InChI=1S/C26H21N5O2/c1-17-8-10-19(11-9-17)25(32)29-20-12-14-21(15-13-20)30-18(2)28-24-23(26(30)33)16-27-31(24)22-6-4-3-5-7-22/h3-16H,1-2H3,(H,29,32). The van der Waals surface area contributed by atoms with Crippen LogP contribution in [-0.2, 0) is 0 Å². The zero-order valence-corrected chi connectivity index (χ0v) is 18.2. The van der Waals surface area contributed by atoms with Gasteiger partial charge in [0.25, 0.3) is 11.5 Å². The molecule has 0 unspecified atom stereocenters. The molecule has 0 radical (unpaired) electrons. The van der Waals surface area contributed by atoms with E-state index in [1.807, 2.05) is 49.4 Å². The minimum absolute atomic E-state index is 0.187. The van der Waals surface area contributed by atoms with Gasteiger partial charge in [0, 0.05) is 11.3 Å². The molecule has 2 aromatic heterocycles. The number of amides is 1. The Morgan fingerprint density at radius 2 is 1.55 bits per heavy atom. The highest BCUT2D eigenvalue weighted by atomic mass is 16.1. The smallest absolute Gasteiger partial charge is 0.269 e. The van der Waals surface area contributed by atoms with Gasteiger partial charge in [0.2, 0.25) is 0 Å². The van der Waals surface area contributed by atoms with E-state index >= 15 is 0 Å². The predicted octanol–water partition coefficient (Wildman–Crippen LogP) is 4.44. The van der Waals surface area contributed by atoms with Gasteiger partial charge >= 0.3 is 0 Å². The summed E-state index contributed by atoms with van der Waals surface area (Å²) in [4.78, 5) is 30.4. The normalized spacial score (nSPS) is 11.0. The first-order valence-electron chi connectivity index (χ1n) is 10.5. The van der Waals surface area contributed by atoms with E-state index in [9.17, 15) is 9.59 Å². The summed E-state index contributed by atoms with van der Waals surface area (Å²) in [6.45, 7) is 3.76. The number of nitrogens with one attached hydrogen (secondary N) is 1. The average Bonchev–Trinajstić information content (AvgIpc) is 3.25. The second-order valence-electron chi connectivity index (χ2n) is 7.80. The van der Waals surface area contributed by atoms with Gasteiger partial charge in [-0.05, 0) is 62.4 Å². The molecule has 33 heavy (non-hydrogen) atoms. The number of para-hydroxylation sites is 1. The van der Waals surface area contributed by atoms with E-state index in [1.165, 1.54) is 0 Å². The number of hydrogen-bond donors (Lipinski definition) is 1. The molecule has 162 valence electrons. The molecule has 5 aromatic rings. The number of nitrogens with zero attached hydrogens (tertiary/aromatic N) is 4. The van der Waals surface area contributed by atoms with E-state index in [-0.39, 0.29) is 11.5 Å². The summed E-state index contributed by atoms with van der Waals surface area (Å²) in [5, 5.41) is 7.69. The molecule has 0 fully saturated rings. The Hall–Kier alpha value is -4.52. The molecule has 0 aliphatic carbocycles. The number of rotatable bonds is 4. The number of aromatic nitrogens is 4. The summed E-state index contributed by atoms with van der Waals surface area (Å²) >= 11 is 0. The maximum absolute atomic E-state index is 13.3. The van der Waals surface area contributed by atoms with Crippen molar-refractivity contribution >= 4 is 22.6 Å². The van der Waals surface area contributed by atoms with Gasteiger partial charge in [-0.1, -0.05) is 35.9 Å². The fourth-order valence-electron chi connectivity index (χ4n) is 3.74. The lowest BCUT2D eigenvalue weighted by Crippen LogP contribution is -2.22. The van der Waals surface area contributed by atoms with Gasteiger partial charge < -0.3 is 5.32 Å². The first kappa shape index (κ1) is 20.4. The summed E-state index contributed by atoms with van der Waals surface area (Å²) in [5.74, 6) is 0.356. The van der Waals surface area contributed by atoms with E-state index in [0.29, 0.717) is 33.8 Å². The minimum Gasteiger partial charge on any atom is -0.322 e. The van der Waals surface area contributed by atoms with Crippen LogP contribution in [0.5, 0.6) is 0 Å². The van der Waals surface area contributed by atoms with Crippen molar-refractivity contribution in [3.63, 3.8) is 0 Å². The van der Waals surface area contributed by atoms with Crippen LogP contribution < -0.4 is 10.9 Å². The highest BCUT2D eigenvalue weighted by molar-refractivity contribution is 6.04. The summed E-state index contributed by atoms with van der Waals surface area (Å²) in [6.07, 6.45) is 1.55. The lowest BCUT2D eigenvalue weighted by atomic mass is 10.1. The van der Waals surface area contributed by atoms with Crippen LogP contribution in [0.4, 0.5) is 5.69 Å². The van der Waals surface area contributed by atoms with Crippen molar-refractivity contribution in [1.82, 2.24) is 19.3 Å². The van der Waals surface area contributed by atoms with Gasteiger partial charge in [-0.25, -0.2) is 9.67 Å². The van der Waals surface area contributed by atoms with Crippen molar-refractivity contribution in [2.45, 2.75) is 13.8 Å². The van der Waals surface area contributed by atoms with Crippen LogP contribution in [0.25, 0.3) is 22.4 Å². The molecule has 3 aromatic carbocycles. The van der Waals surface area contributed by atoms with Crippen molar-refractivity contribution < 1.29 is 4.79 Å². The van der Waals surface area contributed by atoms with Crippen LogP contribution in [0.2, 0.25) is 0 Å². The first-order valence-corrected chi connectivity index (χ1v) is 10.5. The number of benzene rings is 3. The SMILES string of the molecule is Cc1ccc(C(=O)Nc2ccc(-n3c(C)nc4c(cnn4-c4ccccc4)c3=O)cc2)cc1. The molecule has 7 heteroatoms. The highest BCUT2D eigenvalue weighted by Crippen LogP contribution is 2.18. The van der Waals surface area contributed by atoms with Gasteiger partial charge in [-0.15, -0.1) is 0 Å². The molecule has 0 aliphatic rings. The third-order valence-electron chi connectivity index (χ3n) is 5.47. The fourth-order valence-corrected chi connectivity index (χ4v) is 3.74. The van der Waals surface area contributed by atoms with Crippen LogP contribution in [-0.4, -0.2) is 25.2 Å². The Kier molecular flexibility index (Phi) is 5.06. The third kappa shape index (κ3) is 3.80. The Labute approximate surface area is 190 Å². The minimum atomic E-state index is -0.198. The zero-order chi connectivity index (χ0) is 22.9. The van der Waals surface area contributed by atoms with E-state index in [2.05, 4.69) is 15.4 Å². The van der Waals surface area contributed by atoms with Crippen molar-refractivity contribution in [3.05, 3.63) is 112 Å². The zero-order valence-electron chi connectivity index (χ0n) is 18.2. The van der Waals surface area contributed by atoms with Crippen molar-refractivity contribution in [2.24, 2.45) is 0 Å². The monoisotopic (exact) mass is 435 g/mol. The molecule has 1 amide bonds. The van der Waals surface area contributed by atoms with Gasteiger partial charge in [0.1, 0.15) is 11.2 Å². The number of carbonyl (C=O) groups is 1. The topological polar surface area (TPSA) is 81.8 Å². The maximum Gasteiger partial charge on any atom is 0.269 e. The fraction of sp³-hybridized carbons (Fsp3) is 0.0769. The number of hydrogen-bond acceptors (Lipinski definition) is 4. The maximum atomic E-state index is 13.3. The third-order valence-corrected chi connectivity index (χ3v) is 5.47. The largest absolute Gasteiger partial charge is 0.322 e. The molecule has 0 saturated carbocycles. The molecule has 0 atom stereocenters. The highest BCUT2D eigenvalue weighted by Gasteiger charge is 2.15. The van der Waals surface area contributed by atoms with E-state index < -0.39 is 0 Å². The molecule has 0 spiro atoms. The summed E-state index contributed by atoms with van der Waals surface area (Å²) in [7, 11) is 0. The average molecular weight is 435 g/mol. The molecule has 2 heterocycles. The van der Waals surface area contributed by atoms with Gasteiger partial charge in [0.15, 0.2) is 5.65 Å². The molecule has 1 N–H and O–H groups in total. The Bertz CT molecular complexity index is 1520. The van der Waals surface area contributed by atoms with Crippen LogP contribution in [0.3, 0.4) is 0 Å². The van der Waals surface area contributed by atoms with Gasteiger partial charge in [-0.2, -0.15) is 5.10 Å². The van der Waals surface area contributed by atoms with E-state index in [0.717, 1.165) is 11.3 Å². The molecule has 0 aliphatic heterocycles. The molecule has 7 nitrogen and oxygen atoms in total. The Balaban J connectivity index is 1.46. The summed E-state index contributed by atoms with van der Waals surface area (Å²) in [6, 6.07) is 24.1. The predicted molar refractivity (Wildman–Crippen MR) is 128 cm³/mol. The lowest BCUT2D eigenvalue weighted by molar-refractivity contribution is 0.102. The molecule has 5 rings (SSSR count). The summed E-state index contributed by atoms with van der Waals surface area (Å²) in [5.41, 5.74) is 4.13. The number of carbonyl (C=O) groups excluding carboxylic acids is 1. The molecule has 0 saturated heterocycles. The Morgan fingerprint density at radius 1 is 0.848 bits per heavy atom. The molecule has 0 bridgehead atoms. The van der Waals surface area contributed by atoms with Gasteiger partial charge in [-0.3, -0.25) is 14.2 Å². The van der Waals surface area contributed by atoms with E-state index in [4.69, 9.17) is 0 Å². The van der Waals surface area contributed by atoms with Crippen LogP contribution in [0.15, 0.2) is 89.9 Å². The van der Waals surface area contributed by atoms with Crippen LogP contribution >= 0.6 is 0 Å². The molecular formula is C26H21N5O2. The van der Waals surface area contributed by atoms with Gasteiger partial charge in [0.05, 0.1) is 17.6 Å². The van der Waals surface area contributed by atoms with Crippen molar-refractivity contribution in [2.75, 3.05) is 5.32 Å². The second-order valence-corrected chi connectivity index (χ2v) is 7.80. The lowest BCUT2D eigenvalue weighted by Gasteiger charge is -2.11. The van der Waals surface area contributed by atoms with Crippen molar-refractivity contribution in [1.29, 1.82) is 0 Å². The van der Waals surface area contributed by atoms with Crippen molar-refractivity contribution in [3.8, 4) is 11.4 Å². The van der Waals surface area contributed by atoms with E-state index in [1.54, 1.807) is 58.8 Å². The quantitative estimate of drug-likeness (QED) is 0.452. The van der Waals surface area contributed by atoms with Crippen LogP contribution in [0.1, 0.15) is 21.7 Å². The Morgan fingerprint density at radius 3 is 2.24 bits per heavy atom. The number of fused-ring (bicyclic) bond motifs is 1. The second kappa shape index (κ2) is 8.20. The first-order chi connectivity index (χ1) is 16.0. The number of aryl methyl sites for hydroxylation is 2. The molecular weight excluding hydrogens is 414 g/mol.